The van der Waals surface area contributed by atoms with Gasteiger partial charge >= 0.3 is 11.6 Å². The van der Waals surface area contributed by atoms with Gasteiger partial charge in [0.2, 0.25) is 0 Å². The zero-order valence-electron chi connectivity index (χ0n) is 10.7. The number of hydrogen-bond acceptors (Lipinski definition) is 5. The monoisotopic (exact) mass is 247 g/mol. The molecule has 0 N–H and O–H groups in total. The summed E-state index contributed by atoms with van der Waals surface area (Å²) < 4.78 is 9.68. The van der Waals surface area contributed by atoms with Gasteiger partial charge in [0.05, 0.1) is 23.6 Å². The second kappa shape index (κ2) is 4.25. The maximum atomic E-state index is 11.9. The average molecular weight is 247 g/mol. The summed E-state index contributed by atoms with van der Waals surface area (Å²) in [6.07, 6.45) is 0. The van der Waals surface area contributed by atoms with E-state index in [0.717, 1.165) is 11.1 Å². The Kier molecular flexibility index (Phi) is 2.90. The van der Waals surface area contributed by atoms with Gasteiger partial charge in [-0.15, -0.1) is 0 Å². The van der Waals surface area contributed by atoms with Gasteiger partial charge < -0.3 is 9.15 Å². The number of ether oxygens (including phenoxy) is 1. The summed E-state index contributed by atoms with van der Waals surface area (Å²) in [6, 6.07) is 1.68. The molecule has 94 valence electrons. The average Bonchev–Trinajstić information content (AvgIpc) is 2.32. The molecular weight excluding hydrogens is 234 g/mol. The first-order valence-electron chi connectivity index (χ1n) is 5.45. The van der Waals surface area contributed by atoms with Gasteiger partial charge in [-0.25, -0.2) is 14.6 Å². The van der Waals surface area contributed by atoms with Crippen molar-refractivity contribution in [1.82, 2.24) is 4.98 Å². The summed E-state index contributed by atoms with van der Waals surface area (Å²) in [4.78, 5) is 27.7. The molecule has 0 radical (unpaired) electrons. The minimum atomic E-state index is -0.513. The summed E-state index contributed by atoms with van der Waals surface area (Å²) >= 11 is 0. The van der Waals surface area contributed by atoms with E-state index in [0.29, 0.717) is 10.9 Å². The third kappa shape index (κ3) is 1.77. The first-order chi connectivity index (χ1) is 8.45. The van der Waals surface area contributed by atoms with Crippen LogP contribution in [-0.4, -0.2) is 18.1 Å². The van der Waals surface area contributed by atoms with E-state index in [1.54, 1.807) is 19.9 Å². The van der Waals surface area contributed by atoms with Gasteiger partial charge in [0, 0.05) is 6.92 Å². The highest BCUT2D eigenvalue weighted by molar-refractivity contribution is 6.03. The summed E-state index contributed by atoms with van der Waals surface area (Å²) in [5.74, 6) is -0.290. The molecule has 0 unspecified atom stereocenters. The predicted octanol–water partition coefficient (Wildman–Crippen LogP) is 1.90. The van der Waals surface area contributed by atoms with E-state index in [1.165, 1.54) is 7.11 Å². The molecule has 0 saturated carbocycles. The normalized spacial score (nSPS) is 10.7. The predicted molar refractivity (Wildman–Crippen MR) is 65.8 cm³/mol. The molecule has 0 aliphatic rings. The van der Waals surface area contributed by atoms with Crippen molar-refractivity contribution in [3.8, 4) is 0 Å². The number of aryl methyl sites for hydroxylation is 3. The second-order valence-corrected chi connectivity index (χ2v) is 4.10. The second-order valence-electron chi connectivity index (χ2n) is 4.10. The molecule has 5 heteroatoms. The SMILES string of the molecule is COC(=O)c1cc(C)c(C)c2c(=O)oc(C)nc12. The Morgan fingerprint density at radius 1 is 1.33 bits per heavy atom. The Morgan fingerprint density at radius 3 is 2.61 bits per heavy atom. The van der Waals surface area contributed by atoms with Crippen LogP contribution >= 0.6 is 0 Å². The van der Waals surface area contributed by atoms with Gasteiger partial charge in [0.15, 0.2) is 5.89 Å². The summed E-state index contributed by atoms with van der Waals surface area (Å²) in [5, 5.41) is 0.334. The molecule has 0 spiro atoms. The van der Waals surface area contributed by atoms with Gasteiger partial charge in [-0.3, -0.25) is 0 Å². The zero-order valence-corrected chi connectivity index (χ0v) is 10.7. The number of esters is 1. The summed E-state index contributed by atoms with van der Waals surface area (Å²) in [6.45, 7) is 5.18. The largest absolute Gasteiger partial charge is 0.465 e. The molecule has 1 heterocycles. The van der Waals surface area contributed by atoms with Gasteiger partial charge in [-0.2, -0.15) is 0 Å². The number of carbonyl (C=O) groups excluding carboxylic acids is 1. The highest BCUT2D eigenvalue weighted by Gasteiger charge is 2.18. The van der Waals surface area contributed by atoms with Gasteiger partial charge in [-0.05, 0) is 31.0 Å². The lowest BCUT2D eigenvalue weighted by Crippen LogP contribution is -2.11. The maximum absolute atomic E-state index is 11.9. The van der Waals surface area contributed by atoms with Gasteiger partial charge in [0.25, 0.3) is 0 Å². The third-order valence-electron chi connectivity index (χ3n) is 2.94. The molecule has 18 heavy (non-hydrogen) atoms. The highest BCUT2D eigenvalue weighted by Crippen LogP contribution is 2.22. The van der Waals surface area contributed by atoms with Crippen molar-refractivity contribution in [2.24, 2.45) is 0 Å². The smallest absolute Gasteiger partial charge is 0.347 e. The van der Waals surface area contributed by atoms with Crippen LogP contribution in [0, 0.1) is 20.8 Å². The molecule has 0 amide bonds. The molecule has 2 aromatic rings. The number of carbonyl (C=O) groups is 1. The van der Waals surface area contributed by atoms with Crippen LogP contribution in [0.2, 0.25) is 0 Å². The Labute approximate surface area is 103 Å². The zero-order chi connectivity index (χ0) is 13.4. The molecule has 5 nitrogen and oxygen atoms in total. The maximum Gasteiger partial charge on any atom is 0.347 e. The van der Waals surface area contributed by atoms with E-state index in [9.17, 15) is 9.59 Å². The van der Waals surface area contributed by atoms with Crippen molar-refractivity contribution in [1.29, 1.82) is 0 Å². The lowest BCUT2D eigenvalue weighted by Gasteiger charge is -2.09. The van der Waals surface area contributed by atoms with Crippen LogP contribution < -0.4 is 5.63 Å². The fraction of sp³-hybridized carbons (Fsp3) is 0.308. The first-order valence-corrected chi connectivity index (χ1v) is 5.45. The fourth-order valence-electron chi connectivity index (χ4n) is 1.90. The number of hydrogen-bond donors (Lipinski definition) is 0. The van der Waals surface area contributed by atoms with Crippen LogP contribution in [0.25, 0.3) is 10.9 Å². The van der Waals surface area contributed by atoms with Crippen molar-refractivity contribution in [2.75, 3.05) is 7.11 Å². The molecular formula is C13H13NO4. The van der Waals surface area contributed by atoms with E-state index in [1.807, 2.05) is 6.92 Å². The highest BCUT2D eigenvalue weighted by atomic mass is 16.5. The Balaban J connectivity index is 3.01. The van der Waals surface area contributed by atoms with E-state index < -0.39 is 11.6 Å². The van der Waals surface area contributed by atoms with Crippen molar-refractivity contribution in [3.63, 3.8) is 0 Å². The molecule has 2 rings (SSSR count). The molecule has 0 bridgehead atoms. The lowest BCUT2D eigenvalue weighted by molar-refractivity contribution is 0.0602. The molecule has 1 aromatic carbocycles. The summed E-state index contributed by atoms with van der Waals surface area (Å²) in [5.41, 5.74) is 1.72. The van der Waals surface area contributed by atoms with Crippen molar-refractivity contribution >= 4 is 16.9 Å². The number of methoxy groups -OCH3 is 1. The van der Waals surface area contributed by atoms with Crippen LogP contribution in [0.3, 0.4) is 0 Å². The van der Waals surface area contributed by atoms with E-state index in [2.05, 4.69) is 4.98 Å². The number of fused-ring (bicyclic) bond motifs is 1. The van der Waals surface area contributed by atoms with Crippen molar-refractivity contribution < 1.29 is 13.9 Å². The van der Waals surface area contributed by atoms with E-state index in [-0.39, 0.29) is 11.5 Å². The van der Waals surface area contributed by atoms with E-state index in [4.69, 9.17) is 9.15 Å². The third-order valence-corrected chi connectivity index (χ3v) is 2.94. The van der Waals surface area contributed by atoms with Crippen molar-refractivity contribution in [3.05, 3.63) is 39.1 Å². The molecule has 0 atom stereocenters. The first kappa shape index (κ1) is 12.3. The van der Waals surface area contributed by atoms with Crippen molar-refractivity contribution in [2.45, 2.75) is 20.8 Å². The molecule has 0 aliphatic carbocycles. The lowest BCUT2D eigenvalue weighted by atomic mass is 10.0. The Hall–Kier alpha value is -2.17. The van der Waals surface area contributed by atoms with Crippen LogP contribution in [0.4, 0.5) is 0 Å². The quantitative estimate of drug-likeness (QED) is 0.720. The molecule has 0 aliphatic heterocycles. The minimum absolute atomic E-state index is 0.223. The van der Waals surface area contributed by atoms with Crippen LogP contribution in [0.5, 0.6) is 0 Å². The summed E-state index contributed by atoms with van der Waals surface area (Å²) in [7, 11) is 1.29. The molecule has 0 saturated heterocycles. The Bertz CT molecular complexity index is 700. The molecule has 0 fully saturated rings. The number of nitrogens with zero attached hydrogens (tertiary/aromatic N) is 1. The van der Waals surface area contributed by atoms with Crippen LogP contribution in [-0.2, 0) is 4.74 Å². The van der Waals surface area contributed by atoms with Gasteiger partial charge in [-0.1, -0.05) is 0 Å². The van der Waals surface area contributed by atoms with E-state index >= 15 is 0 Å². The topological polar surface area (TPSA) is 69.4 Å². The number of benzene rings is 1. The number of rotatable bonds is 1. The van der Waals surface area contributed by atoms with Crippen LogP contribution in [0.1, 0.15) is 27.4 Å². The fourth-order valence-corrected chi connectivity index (χ4v) is 1.90. The minimum Gasteiger partial charge on any atom is -0.465 e. The number of aromatic nitrogens is 1. The molecule has 1 aromatic heterocycles. The standard InChI is InChI=1S/C13H13NO4/c1-6-5-9(12(15)17-4)11-10(7(6)2)13(16)18-8(3)14-11/h5H,1-4H3. The van der Waals surface area contributed by atoms with Crippen LogP contribution in [0.15, 0.2) is 15.3 Å². The Morgan fingerprint density at radius 2 is 2.00 bits per heavy atom. The van der Waals surface area contributed by atoms with Gasteiger partial charge in [0.1, 0.15) is 0 Å².